The molecule has 2 heterocycles. The standard InChI is InChI=1S/C17H21N5O2/c1-12(23)13-4-3-5-14(8-13)19-17(24)20-15-6-7-22(10-15)16-9-18-21(2)11-16/h3-5,8-9,11,15H,6-7,10H2,1-2H3,(H2,19,20,24)/t15-/m1/s1. The summed E-state index contributed by atoms with van der Waals surface area (Å²) in [6, 6.07) is 6.76. The Morgan fingerprint density at radius 3 is 2.88 bits per heavy atom. The maximum absolute atomic E-state index is 12.2. The molecule has 1 aliphatic heterocycles. The van der Waals surface area contributed by atoms with E-state index in [-0.39, 0.29) is 17.9 Å². The zero-order chi connectivity index (χ0) is 17.1. The third-order valence-corrected chi connectivity index (χ3v) is 4.11. The molecule has 1 atom stereocenters. The highest BCUT2D eigenvalue weighted by atomic mass is 16.2. The predicted octanol–water partition coefficient (Wildman–Crippen LogP) is 2.02. The molecule has 1 saturated heterocycles. The number of Topliss-reactive ketones (excluding diaryl/α,β-unsaturated/α-hetero) is 1. The van der Waals surface area contributed by atoms with Gasteiger partial charge < -0.3 is 15.5 Å². The van der Waals surface area contributed by atoms with Gasteiger partial charge in [-0.3, -0.25) is 9.48 Å². The van der Waals surface area contributed by atoms with Crippen LogP contribution < -0.4 is 15.5 Å². The summed E-state index contributed by atoms with van der Waals surface area (Å²) in [6.07, 6.45) is 4.68. The van der Waals surface area contributed by atoms with Crippen molar-refractivity contribution < 1.29 is 9.59 Å². The number of rotatable bonds is 4. The molecule has 0 saturated carbocycles. The summed E-state index contributed by atoms with van der Waals surface area (Å²) in [6.45, 7) is 3.15. The Labute approximate surface area is 140 Å². The monoisotopic (exact) mass is 327 g/mol. The number of carbonyl (C=O) groups is 2. The Hall–Kier alpha value is -2.83. The Bertz CT molecular complexity index is 755. The van der Waals surface area contributed by atoms with Gasteiger partial charge in [-0.25, -0.2) is 4.79 Å². The fourth-order valence-corrected chi connectivity index (χ4v) is 2.85. The number of carbonyl (C=O) groups excluding carboxylic acids is 2. The lowest BCUT2D eigenvalue weighted by Crippen LogP contribution is -2.39. The van der Waals surface area contributed by atoms with Crippen LogP contribution in [0, 0.1) is 0 Å². The molecule has 126 valence electrons. The van der Waals surface area contributed by atoms with Crippen LogP contribution in [0.25, 0.3) is 0 Å². The van der Waals surface area contributed by atoms with Crippen molar-refractivity contribution >= 4 is 23.2 Å². The third kappa shape index (κ3) is 3.73. The first kappa shape index (κ1) is 16.0. The van der Waals surface area contributed by atoms with Gasteiger partial charge in [0.1, 0.15) is 0 Å². The highest BCUT2D eigenvalue weighted by molar-refractivity contribution is 5.96. The number of amides is 2. The van der Waals surface area contributed by atoms with Crippen molar-refractivity contribution in [2.24, 2.45) is 7.05 Å². The number of aromatic nitrogens is 2. The molecule has 0 aliphatic carbocycles. The molecular formula is C17H21N5O2. The minimum atomic E-state index is -0.256. The Morgan fingerprint density at radius 1 is 1.33 bits per heavy atom. The smallest absolute Gasteiger partial charge is 0.319 e. The molecule has 3 rings (SSSR count). The second kappa shape index (κ2) is 6.74. The summed E-state index contributed by atoms with van der Waals surface area (Å²) in [4.78, 5) is 25.8. The molecule has 1 aliphatic rings. The first-order valence-corrected chi connectivity index (χ1v) is 7.93. The van der Waals surface area contributed by atoms with Crippen LogP contribution in [-0.4, -0.2) is 40.7 Å². The maximum Gasteiger partial charge on any atom is 0.319 e. The average molecular weight is 327 g/mol. The Kier molecular flexibility index (Phi) is 4.50. The van der Waals surface area contributed by atoms with E-state index in [9.17, 15) is 9.59 Å². The summed E-state index contributed by atoms with van der Waals surface area (Å²) in [5, 5.41) is 9.94. The van der Waals surface area contributed by atoms with Crippen LogP contribution in [-0.2, 0) is 7.05 Å². The second-order valence-electron chi connectivity index (χ2n) is 6.04. The molecule has 1 fully saturated rings. The molecule has 2 aromatic rings. The van der Waals surface area contributed by atoms with Crippen LogP contribution in [0.15, 0.2) is 36.7 Å². The average Bonchev–Trinajstić information content (AvgIpc) is 3.16. The second-order valence-corrected chi connectivity index (χ2v) is 6.04. The molecule has 2 N–H and O–H groups in total. The van der Waals surface area contributed by atoms with Gasteiger partial charge in [0.05, 0.1) is 11.9 Å². The number of hydrogen-bond donors (Lipinski definition) is 2. The first-order chi connectivity index (χ1) is 11.5. The highest BCUT2D eigenvalue weighted by Gasteiger charge is 2.24. The molecular weight excluding hydrogens is 306 g/mol. The van der Waals surface area contributed by atoms with E-state index in [0.717, 1.165) is 25.2 Å². The quantitative estimate of drug-likeness (QED) is 0.842. The van der Waals surface area contributed by atoms with Gasteiger partial charge in [0, 0.05) is 43.6 Å². The van der Waals surface area contributed by atoms with Gasteiger partial charge in [-0.2, -0.15) is 5.10 Å². The van der Waals surface area contributed by atoms with Gasteiger partial charge in [-0.15, -0.1) is 0 Å². The number of nitrogens with zero attached hydrogens (tertiary/aromatic N) is 3. The molecule has 0 spiro atoms. The van der Waals surface area contributed by atoms with E-state index in [1.165, 1.54) is 6.92 Å². The highest BCUT2D eigenvalue weighted by Crippen LogP contribution is 2.19. The minimum absolute atomic E-state index is 0.0260. The van der Waals surface area contributed by atoms with E-state index >= 15 is 0 Å². The van der Waals surface area contributed by atoms with E-state index in [1.807, 2.05) is 19.4 Å². The fraction of sp³-hybridized carbons (Fsp3) is 0.353. The first-order valence-electron chi connectivity index (χ1n) is 7.93. The fourth-order valence-electron chi connectivity index (χ4n) is 2.85. The summed E-state index contributed by atoms with van der Waals surface area (Å²) in [5.41, 5.74) is 2.26. The van der Waals surface area contributed by atoms with E-state index in [2.05, 4.69) is 20.6 Å². The lowest BCUT2D eigenvalue weighted by molar-refractivity contribution is 0.101. The van der Waals surface area contributed by atoms with Crippen LogP contribution in [0.1, 0.15) is 23.7 Å². The van der Waals surface area contributed by atoms with E-state index in [1.54, 1.807) is 28.9 Å². The topological polar surface area (TPSA) is 79.3 Å². The minimum Gasteiger partial charge on any atom is -0.367 e. The number of hydrogen-bond acceptors (Lipinski definition) is 4. The lowest BCUT2D eigenvalue weighted by atomic mass is 10.1. The molecule has 7 nitrogen and oxygen atoms in total. The van der Waals surface area contributed by atoms with E-state index in [0.29, 0.717) is 11.3 Å². The third-order valence-electron chi connectivity index (χ3n) is 4.11. The summed E-state index contributed by atoms with van der Waals surface area (Å²) >= 11 is 0. The normalized spacial score (nSPS) is 16.9. The van der Waals surface area contributed by atoms with Crippen molar-refractivity contribution in [1.29, 1.82) is 0 Å². The SMILES string of the molecule is CC(=O)c1cccc(NC(=O)N[C@@H]2CCN(c3cnn(C)c3)C2)c1. The zero-order valence-electron chi connectivity index (χ0n) is 13.8. The molecule has 0 bridgehead atoms. The van der Waals surface area contributed by atoms with Crippen molar-refractivity contribution in [1.82, 2.24) is 15.1 Å². The van der Waals surface area contributed by atoms with E-state index < -0.39 is 0 Å². The van der Waals surface area contributed by atoms with Gasteiger partial charge in [0.2, 0.25) is 0 Å². The van der Waals surface area contributed by atoms with Crippen LogP contribution in [0.5, 0.6) is 0 Å². The molecule has 0 unspecified atom stereocenters. The van der Waals surface area contributed by atoms with Crippen molar-refractivity contribution in [3.8, 4) is 0 Å². The summed E-state index contributed by atoms with van der Waals surface area (Å²) < 4.78 is 1.77. The Balaban J connectivity index is 1.54. The van der Waals surface area contributed by atoms with Crippen molar-refractivity contribution in [3.63, 3.8) is 0 Å². The van der Waals surface area contributed by atoms with Crippen molar-refractivity contribution in [2.45, 2.75) is 19.4 Å². The zero-order valence-corrected chi connectivity index (χ0v) is 13.8. The predicted molar refractivity (Wildman–Crippen MR) is 92.4 cm³/mol. The Morgan fingerprint density at radius 2 is 2.17 bits per heavy atom. The van der Waals surface area contributed by atoms with Crippen LogP contribution in [0.3, 0.4) is 0 Å². The van der Waals surface area contributed by atoms with Gasteiger partial charge in [0.25, 0.3) is 0 Å². The van der Waals surface area contributed by atoms with E-state index in [4.69, 9.17) is 0 Å². The number of ketones is 1. The van der Waals surface area contributed by atoms with Crippen molar-refractivity contribution in [3.05, 3.63) is 42.2 Å². The van der Waals surface area contributed by atoms with Gasteiger partial charge in [-0.05, 0) is 25.5 Å². The summed E-state index contributed by atoms with van der Waals surface area (Å²) in [7, 11) is 1.89. The molecule has 1 aromatic heterocycles. The van der Waals surface area contributed by atoms with Gasteiger partial charge in [-0.1, -0.05) is 12.1 Å². The van der Waals surface area contributed by atoms with Crippen LogP contribution >= 0.6 is 0 Å². The molecule has 7 heteroatoms. The number of nitrogens with one attached hydrogen (secondary N) is 2. The van der Waals surface area contributed by atoms with Crippen molar-refractivity contribution in [2.75, 3.05) is 23.3 Å². The molecule has 2 amide bonds. The number of benzene rings is 1. The number of aryl methyl sites for hydroxylation is 1. The van der Waals surface area contributed by atoms with Gasteiger partial charge in [0.15, 0.2) is 5.78 Å². The summed E-state index contributed by atoms with van der Waals surface area (Å²) in [5.74, 6) is -0.0260. The molecule has 24 heavy (non-hydrogen) atoms. The number of anilines is 2. The van der Waals surface area contributed by atoms with Gasteiger partial charge >= 0.3 is 6.03 Å². The largest absolute Gasteiger partial charge is 0.367 e. The molecule has 0 radical (unpaired) electrons. The van der Waals surface area contributed by atoms with Crippen LogP contribution in [0.4, 0.5) is 16.2 Å². The lowest BCUT2D eigenvalue weighted by Gasteiger charge is -2.17. The maximum atomic E-state index is 12.2. The molecule has 1 aromatic carbocycles. The number of urea groups is 1. The van der Waals surface area contributed by atoms with Crippen LogP contribution in [0.2, 0.25) is 0 Å².